The van der Waals surface area contributed by atoms with Gasteiger partial charge < -0.3 is 10.1 Å². The van der Waals surface area contributed by atoms with Gasteiger partial charge in [0.25, 0.3) is 0 Å². The number of nitrogens with zero attached hydrogens (tertiary/aromatic N) is 3. The first-order valence-electron chi connectivity index (χ1n) is 11.8. The van der Waals surface area contributed by atoms with Gasteiger partial charge >= 0.3 is 5.97 Å². The molecule has 0 aliphatic rings. The molecular formula is C28H28N4O4. The number of ketones is 1. The minimum Gasteiger partial charge on any atom is -0.462 e. The molecule has 0 aliphatic heterocycles. The molecule has 0 bridgehead atoms. The number of Topliss-reactive ketones (excluding diaryl/α,β-unsaturated/α-hetero) is 1. The maximum atomic E-state index is 12.9. The van der Waals surface area contributed by atoms with Crippen molar-refractivity contribution in [2.45, 2.75) is 40.5 Å². The molecule has 0 unspecified atom stereocenters. The van der Waals surface area contributed by atoms with E-state index in [0.29, 0.717) is 11.4 Å². The van der Waals surface area contributed by atoms with Crippen molar-refractivity contribution in [3.63, 3.8) is 0 Å². The van der Waals surface area contributed by atoms with E-state index >= 15 is 0 Å². The summed E-state index contributed by atoms with van der Waals surface area (Å²) in [5, 5.41) is 8.08. The lowest BCUT2D eigenvalue weighted by Gasteiger charge is -2.12. The molecule has 0 saturated carbocycles. The zero-order valence-corrected chi connectivity index (χ0v) is 20.8. The standard InChI is InChI=1S/C28H28N4O4/c1-5-36-28(35)22-16-29-32(25-15-19(4)21-8-6-7-9-23(21)30-25)27(22)31-26(34)13-12-24(33)20-11-10-17(2)18(3)14-20/h6-11,14-16H,5,12-13H2,1-4H3,(H,31,34). The molecule has 8 nitrogen and oxygen atoms in total. The van der Waals surface area contributed by atoms with E-state index in [1.807, 2.05) is 63.2 Å². The van der Waals surface area contributed by atoms with Crippen molar-refractivity contribution in [3.05, 3.63) is 82.5 Å². The lowest BCUT2D eigenvalue weighted by atomic mass is 10.0. The summed E-state index contributed by atoms with van der Waals surface area (Å²) >= 11 is 0. The third-order valence-electron chi connectivity index (χ3n) is 6.06. The summed E-state index contributed by atoms with van der Waals surface area (Å²) in [5.41, 5.74) is 4.53. The van der Waals surface area contributed by atoms with Crippen LogP contribution in [-0.2, 0) is 9.53 Å². The molecule has 1 amide bonds. The highest BCUT2D eigenvalue weighted by atomic mass is 16.5. The van der Waals surface area contributed by atoms with Gasteiger partial charge in [-0.05, 0) is 62.6 Å². The lowest BCUT2D eigenvalue weighted by molar-refractivity contribution is -0.116. The number of pyridine rings is 1. The Hall–Kier alpha value is -4.33. The second-order valence-electron chi connectivity index (χ2n) is 8.62. The summed E-state index contributed by atoms with van der Waals surface area (Å²) in [4.78, 5) is 42.8. The largest absolute Gasteiger partial charge is 0.462 e. The number of rotatable bonds is 8. The molecule has 4 aromatic rings. The van der Waals surface area contributed by atoms with Gasteiger partial charge in [0.1, 0.15) is 5.56 Å². The molecular weight excluding hydrogens is 456 g/mol. The third-order valence-corrected chi connectivity index (χ3v) is 6.06. The highest BCUT2D eigenvalue weighted by Gasteiger charge is 2.23. The highest BCUT2D eigenvalue weighted by molar-refractivity contribution is 6.03. The van der Waals surface area contributed by atoms with Gasteiger partial charge in [-0.25, -0.2) is 9.78 Å². The number of aromatic nitrogens is 3. The quantitative estimate of drug-likeness (QED) is 0.275. The van der Waals surface area contributed by atoms with Crippen molar-refractivity contribution >= 4 is 34.4 Å². The number of para-hydroxylation sites is 1. The number of amides is 1. The van der Waals surface area contributed by atoms with Crippen molar-refractivity contribution in [2.75, 3.05) is 11.9 Å². The van der Waals surface area contributed by atoms with Gasteiger partial charge in [-0.3, -0.25) is 9.59 Å². The number of hydrogen-bond acceptors (Lipinski definition) is 6. The van der Waals surface area contributed by atoms with Crippen LogP contribution in [0.3, 0.4) is 0 Å². The number of anilines is 1. The summed E-state index contributed by atoms with van der Waals surface area (Å²) in [6, 6.07) is 15.0. The normalized spacial score (nSPS) is 10.9. The van der Waals surface area contributed by atoms with E-state index in [1.54, 1.807) is 13.0 Å². The zero-order chi connectivity index (χ0) is 25.8. The SMILES string of the molecule is CCOC(=O)c1cnn(-c2cc(C)c3ccccc3n2)c1NC(=O)CCC(=O)c1ccc(C)c(C)c1. The Balaban J connectivity index is 1.60. The van der Waals surface area contributed by atoms with Crippen LogP contribution in [0.25, 0.3) is 16.7 Å². The average Bonchev–Trinajstić information content (AvgIpc) is 3.27. The summed E-state index contributed by atoms with van der Waals surface area (Å²) in [6.45, 7) is 7.76. The van der Waals surface area contributed by atoms with Gasteiger partial charge in [0.15, 0.2) is 17.4 Å². The number of carbonyl (C=O) groups excluding carboxylic acids is 3. The number of aryl methyl sites for hydroxylation is 3. The Labute approximate surface area is 209 Å². The van der Waals surface area contributed by atoms with Crippen LogP contribution in [0.15, 0.2) is 54.7 Å². The van der Waals surface area contributed by atoms with E-state index < -0.39 is 11.9 Å². The summed E-state index contributed by atoms with van der Waals surface area (Å²) in [7, 11) is 0. The summed E-state index contributed by atoms with van der Waals surface area (Å²) in [6.07, 6.45) is 1.33. The van der Waals surface area contributed by atoms with Crippen LogP contribution >= 0.6 is 0 Å². The molecule has 2 aromatic heterocycles. The topological polar surface area (TPSA) is 103 Å². The van der Waals surface area contributed by atoms with Gasteiger partial charge in [-0.2, -0.15) is 9.78 Å². The first-order valence-corrected chi connectivity index (χ1v) is 11.8. The van der Waals surface area contributed by atoms with Gasteiger partial charge in [0.2, 0.25) is 5.91 Å². The molecule has 2 aromatic carbocycles. The Bertz CT molecular complexity index is 1470. The fraction of sp³-hybridized carbons (Fsp3) is 0.250. The fourth-order valence-corrected chi connectivity index (χ4v) is 3.92. The molecule has 8 heteroatoms. The van der Waals surface area contributed by atoms with Gasteiger partial charge in [0, 0.05) is 23.8 Å². The van der Waals surface area contributed by atoms with E-state index in [1.165, 1.54) is 10.9 Å². The molecule has 0 radical (unpaired) electrons. The van der Waals surface area contributed by atoms with Crippen LogP contribution in [0.1, 0.15) is 57.2 Å². The van der Waals surface area contributed by atoms with E-state index in [9.17, 15) is 14.4 Å². The predicted molar refractivity (Wildman–Crippen MR) is 138 cm³/mol. The van der Waals surface area contributed by atoms with Gasteiger partial charge in [0.05, 0.1) is 18.3 Å². The second-order valence-corrected chi connectivity index (χ2v) is 8.62. The molecule has 4 rings (SSSR count). The minimum absolute atomic E-state index is 0.0323. The van der Waals surface area contributed by atoms with E-state index in [2.05, 4.69) is 15.4 Å². The van der Waals surface area contributed by atoms with Crippen molar-refractivity contribution < 1.29 is 19.1 Å². The first kappa shape index (κ1) is 24.8. The first-order chi connectivity index (χ1) is 17.3. The van der Waals surface area contributed by atoms with Gasteiger partial charge in [-0.1, -0.05) is 30.3 Å². The lowest BCUT2D eigenvalue weighted by Crippen LogP contribution is -2.19. The van der Waals surface area contributed by atoms with Crippen molar-refractivity contribution in [1.82, 2.24) is 14.8 Å². The number of benzene rings is 2. The van der Waals surface area contributed by atoms with Crippen LogP contribution in [0.4, 0.5) is 5.82 Å². The maximum absolute atomic E-state index is 12.9. The van der Waals surface area contributed by atoms with Crippen LogP contribution < -0.4 is 5.32 Å². The highest BCUT2D eigenvalue weighted by Crippen LogP contribution is 2.25. The van der Waals surface area contributed by atoms with Crippen LogP contribution in [0.5, 0.6) is 0 Å². The zero-order valence-electron chi connectivity index (χ0n) is 20.8. The number of hydrogen-bond donors (Lipinski definition) is 1. The summed E-state index contributed by atoms with van der Waals surface area (Å²) in [5.74, 6) is -0.554. The number of fused-ring (bicyclic) bond motifs is 1. The molecule has 36 heavy (non-hydrogen) atoms. The van der Waals surface area contributed by atoms with E-state index in [-0.39, 0.29) is 36.6 Å². The number of nitrogens with one attached hydrogen (secondary N) is 1. The maximum Gasteiger partial charge on any atom is 0.343 e. The van der Waals surface area contributed by atoms with E-state index in [4.69, 9.17) is 4.74 Å². The number of esters is 1. The van der Waals surface area contributed by atoms with Crippen LogP contribution in [0, 0.1) is 20.8 Å². The average molecular weight is 485 g/mol. The third kappa shape index (κ3) is 5.17. The molecule has 184 valence electrons. The smallest absolute Gasteiger partial charge is 0.343 e. The molecule has 0 spiro atoms. The number of carbonyl (C=O) groups is 3. The minimum atomic E-state index is -0.609. The molecule has 0 aliphatic carbocycles. The molecule has 0 saturated heterocycles. The fourth-order valence-electron chi connectivity index (χ4n) is 3.92. The summed E-state index contributed by atoms with van der Waals surface area (Å²) < 4.78 is 6.56. The van der Waals surface area contributed by atoms with Crippen molar-refractivity contribution in [1.29, 1.82) is 0 Å². The van der Waals surface area contributed by atoms with Crippen LogP contribution in [-0.4, -0.2) is 39.0 Å². The van der Waals surface area contributed by atoms with Crippen molar-refractivity contribution in [3.8, 4) is 5.82 Å². The molecule has 0 fully saturated rings. The van der Waals surface area contributed by atoms with E-state index in [0.717, 1.165) is 27.6 Å². The monoisotopic (exact) mass is 484 g/mol. The van der Waals surface area contributed by atoms with Crippen LogP contribution in [0.2, 0.25) is 0 Å². The van der Waals surface area contributed by atoms with Crippen molar-refractivity contribution in [2.24, 2.45) is 0 Å². The number of ether oxygens (including phenoxy) is 1. The molecule has 2 heterocycles. The Kier molecular flexibility index (Phi) is 7.24. The molecule has 0 atom stereocenters. The Morgan fingerprint density at radius 1 is 0.944 bits per heavy atom. The Morgan fingerprint density at radius 2 is 1.72 bits per heavy atom. The predicted octanol–water partition coefficient (Wildman–Crippen LogP) is 5.12. The molecule has 1 N–H and O–H groups in total. The second kappa shape index (κ2) is 10.5. The Morgan fingerprint density at radius 3 is 2.47 bits per heavy atom. The van der Waals surface area contributed by atoms with Gasteiger partial charge in [-0.15, -0.1) is 0 Å².